The van der Waals surface area contributed by atoms with Crippen molar-refractivity contribution in [3.63, 3.8) is 0 Å². The van der Waals surface area contributed by atoms with Gasteiger partial charge in [-0.15, -0.1) is 0 Å². The third kappa shape index (κ3) is 1.43. The second-order valence-corrected chi connectivity index (χ2v) is 2.51. The summed E-state index contributed by atoms with van der Waals surface area (Å²) in [6, 6.07) is 0. The van der Waals surface area contributed by atoms with Gasteiger partial charge >= 0.3 is 0 Å². The van der Waals surface area contributed by atoms with Gasteiger partial charge in [-0.05, 0) is 6.42 Å². The monoisotopic (exact) mass is 151 g/mol. The van der Waals surface area contributed by atoms with Gasteiger partial charge in [0.15, 0.2) is 6.29 Å². The smallest absolute Gasteiger partial charge is 0.219 e. The van der Waals surface area contributed by atoms with Crippen LogP contribution in [0.1, 0.15) is 6.42 Å². The van der Waals surface area contributed by atoms with E-state index < -0.39 is 11.3 Å². The lowest BCUT2D eigenvalue weighted by molar-refractivity contribution is -0.132. The maximum absolute atomic E-state index is 10.9. The van der Waals surface area contributed by atoms with E-state index in [2.05, 4.69) is 0 Å². The molecule has 3 nitrogen and oxygen atoms in total. The van der Waals surface area contributed by atoms with Crippen molar-refractivity contribution in [2.75, 3.05) is 0 Å². The summed E-state index contributed by atoms with van der Waals surface area (Å²) < 4.78 is 0. The molecule has 0 saturated heterocycles. The lowest BCUT2D eigenvalue weighted by Gasteiger charge is -2.21. The fraction of sp³-hybridized carbons (Fsp3) is 0.250. The van der Waals surface area contributed by atoms with Crippen molar-refractivity contribution in [1.29, 1.82) is 0 Å². The molecule has 0 aromatic rings. The van der Waals surface area contributed by atoms with Crippen molar-refractivity contribution >= 4 is 12.1 Å². The summed E-state index contributed by atoms with van der Waals surface area (Å²) in [4.78, 5) is 21.0. The molecule has 1 aliphatic carbocycles. The molecule has 0 amide bonds. The Morgan fingerprint density at radius 3 is 2.73 bits per heavy atom. The van der Waals surface area contributed by atoms with Gasteiger partial charge < -0.3 is 5.73 Å². The van der Waals surface area contributed by atoms with Gasteiger partial charge in [0.1, 0.15) is 5.54 Å². The minimum absolute atomic E-state index is 0.267. The normalized spacial score (nSPS) is 28.5. The van der Waals surface area contributed by atoms with E-state index in [1.807, 2.05) is 0 Å². The third-order valence-electron chi connectivity index (χ3n) is 1.66. The first-order chi connectivity index (χ1) is 5.19. The van der Waals surface area contributed by atoms with Crippen LogP contribution in [-0.4, -0.2) is 17.6 Å². The average Bonchev–Trinajstić information content (AvgIpc) is 2.04. The SMILES string of the molecule is NC1(C(=O)C=O)C=CC=CC1. The molecule has 0 radical (unpaired) electrons. The zero-order valence-electron chi connectivity index (χ0n) is 5.99. The number of aldehydes is 1. The molecule has 1 rings (SSSR count). The molecule has 58 valence electrons. The zero-order valence-corrected chi connectivity index (χ0v) is 5.99. The molecule has 0 aromatic carbocycles. The zero-order chi connectivity index (χ0) is 8.32. The van der Waals surface area contributed by atoms with Crippen LogP contribution in [0, 0.1) is 0 Å². The van der Waals surface area contributed by atoms with Gasteiger partial charge in [-0.25, -0.2) is 0 Å². The molecule has 0 heterocycles. The molecule has 0 bridgehead atoms. The van der Waals surface area contributed by atoms with Crippen molar-refractivity contribution in [1.82, 2.24) is 0 Å². The fourth-order valence-corrected chi connectivity index (χ4v) is 0.929. The molecule has 0 spiro atoms. The predicted octanol–water partition coefficient (Wildman–Crippen LogP) is -0.0320. The lowest BCUT2D eigenvalue weighted by Crippen LogP contribution is -2.46. The highest BCUT2D eigenvalue weighted by Gasteiger charge is 2.29. The van der Waals surface area contributed by atoms with Crippen molar-refractivity contribution in [2.24, 2.45) is 5.73 Å². The molecule has 3 heteroatoms. The highest BCUT2D eigenvalue weighted by molar-refractivity contribution is 6.30. The molecule has 1 aliphatic rings. The molecule has 11 heavy (non-hydrogen) atoms. The topological polar surface area (TPSA) is 60.2 Å². The van der Waals surface area contributed by atoms with Gasteiger partial charge in [-0.3, -0.25) is 9.59 Å². The van der Waals surface area contributed by atoms with Crippen LogP contribution in [0.15, 0.2) is 24.3 Å². The minimum atomic E-state index is -1.09. The highest BCUT2D eigenvalue weighted by Crippen LogP contribution is 2.14. The van der Waals surface area contributed by atoms with E-state index in [0.717, 1.165) is 0 Å². The second kappa shape index (κ2) is 2.80. The van der Waals surface area contributed by atoms with Crippen molar-refractivity contribution in [3.8, 4) is 0 Å². The maximum Gasteiger partial charge on any atom is 0.219 e. The Kier molecular flexibility index (Phi) is 2.01. The Balaban J connectivity index is 2.83. The van der Waals surface area contributed by atoms with E-state index in [4.69, 9.17) is 5.73 Å². The van der Waals surface area contributed by atoms with Crippen molar-refractivity contribution in [2.45, 2.75) is 12.0 Å². The molecule has 1 unspecified atom stereocenters. The Bertz CT molecular complexity index is 242. The van der Waals surface area contributed by atoms with Gasteiger partial charge in [0.05, 0.1) is 0 Å². The second-order valence-electron chi connectivity index (χ2n) is 2.51. The average molecular weight is 151 g/mol. The number of ketones is 1. The van der Waals surface area contributed by atoms with Crippen LogP contribution in [-0.2, 0) is 9.59 Å². The Hall–Kier alpha value is -1.22. The Morgan fingerprint density at radius 1 is 1.55 bits per heavy atom. The lowest BCUT2D eigenvalue weighted by atomic mass is 9.89. The summed E-state index contributed by atoms with van der Waals surface area (Å²) in [5, 5.41) is 0. The van der Waals surface area contributed by atoms with Gasteiger partial charge in [-0.2, -0.15) is 0 Å². The van der Waals surface area contributed by atoms with Crippen LogP contribution in [0.5, 0.6) is 0 Å². The van der Waals surface area contributed by atoms with Gasteiger partial charge in [0, 0.05) is 0 Å². The highest BCUT2D eigenvalue weighted by atomic mass is 16.2. The van der Waals surface area contributed by atoms with Gasteiger partial charge in [0.25, 0.3) is 0 Å². The van der Waals surface area contributed by atoms with E-state index in [9.17, 15) is 9.59 Å². The summed E-state index contributed by atoms with van der Waals surface area (Å²) in [6.07, 6.45) is 7.45. The van der Waals surface area contributed by atoms with E-state index in [-0.39, 0.29) is 6.29 Å². The Labute approximate surface area is 64.6 Å². The van der Waals surface area contributed by atoms with Crippen LogP contribution in [0.25, 0.3) is 0 Å². The van der Waals surface area contributed by atoms with Crippen LogP contribution < -0.4 is 5.73 Å². The first-order valence-electron chi connectivity index (χ1n) is 3.32. The summed E-state index contributed by atoms with van der Waals surface area (Å²) >= 11 is 0. The number of carbonyl (C=O) groups excluding carboxylic acids is 2. The summed E-state index contributed by atoms with van der Waals surface area (Å²) in [6.45, 7) is 0. The van der Waals surface area contributed by atoms with E-state index in [1.165, 1.54) is 0 Å². The van der Waals surface area contributed by atoms with Gasteiger partial charge in [-0.1, -0.05) is 24.3 Å². The predicted molar refractivity (Wildman–Crippen MR) is 40.9 cm³/mol. The maximum atomic E-state index is 10.9. The molecule has 0 fully saturated rings. The van der Waals surface area contributed by atoms with Crippen LogP contribution in [0.2, 0.25) is 0 Å². The van der Waals surface area contributed by atoms with E-state index >= 15 is 0 Å². The Morgan fingerprint density at radius 2 is 2.27 bits per heavy atom. The number of hydrogen-bond acceptors (Lipinski definition) is 3. The number of carbonyl (C=O) groups is 2. The number of hydrogen-bond donors (Lipinski definition) is 1. The molecule has 0 saturated carbocycles. The fourth-order valence-electron chi connectivity index (χ4n) is 0.929. The molecule has 1 atom stereocenters. The third-order valence-corrected chi connectivity index (χ3v) is 1.66. The molecular formula is C8H9NO2. The number of nitrogens with two attached hydrogens (primary N) is 1. The van der Waals surface area contributed by atoms with Crippen LogP contribution in [0.3, 0.4) is 0 Å². The van der Waals surface area contributed by atoms with Crippen LogP contribution in [0.4, 0.5) is 0 Å². The number of Topliss-reactive ketones (excluding diaryl/α,β-unsaturated/α-hetero) is 1. The standard InChI is InChI=1S/C8H9NO2/c9-8(7(11)6-10)4-2-1-3-5-8/h1-4,6H,5,9H2. The number of allylic oxidation sites excluding steroid dienone is 2. The first kappa shape index (κ1) is 7.88. The molecule has 2 N–H and O–H groups in total. The van der Waals surface area contributed by atoms with E-state index in [1.54, 1.807) is 24.3 Å². The summed E-state index contributed by atoms with van der Waals surface area (Å²) in [5.74, 6) is -0.571. The minimum Gasteiger partial charge on any atom is -0.315 e. The van der Waals surface area contributed by atoms with Gasteiger partial charge in [0.2, 0.25) is 5.78 Å². The van der Waals surface area contributed by atoms with Crippen molar-refractivity contribution < 1.29 is 9.59 Å². The molecule has 0 aromatic heterocycles. The molecule has 0 aliphatic heterocycles. The first-order valence-corrected chi connectivity index (χ1v) is 3.32. The quantitative estimate of drug-likeness (QED) is 0.445. The van der Waals surface area contributed by atoms with Crippen molar-refractivity contribution in [3.05, 3.63) is 24.3 Å². The number of rotatable bonds is 2. The largest absolute Gasteiger partial charge is 0.315 e. The summed E-state index contributed by atoms with van der Waals surface area (Å²) in [7, 11) is 0. The van der Waals surface area contributed by atoms with Crippen LogP contribution >= 0.6 is 0 Å². The molecular weight excluding hydrogens is 142 g/mol. The van der Waals surface area contributed by atoms with E-state index in [0.29, 0.717) is 6.42 Å². The summed E-state index contributed by atoms with van der Waals surface area (Å²) in [5.41, 5.74) is 4.51.